The summed E-state index contributed by atoms with van der Waals surface area (Å²) in [4.78, 5) is 1.49. The highest BCUT2D eigenvalue weighted by atomic mass is 32.2. The topological polar surface area (TPSA) is 0 Å². The number of allylic oxidation sites excluding steroid dienone is 1. The van der Waals surface area contributed by atoms with Crippen molar-refractivity contribution in [1.29, 1.82) is 0 Å². The molecule has 1 atom stereocenters. The molecule has 0 heterocycles. The number of benzene rings is 2. The average Bonchev–Trinajstić information content (AvgIpc) is 2.88. The van der Waals surface area contributed by atoms with Crippen molar-refractivity contribution in [1.82, 2.24) is 0 Å². The Kier molecular flexibility index (Phi) is 5.67. The van der Waals surface area contributed by atoms with Crippen LogP contribution in [-0.2, 0) is 5.41 Å². The van der Waals surface area contributed by atoms with Gasteiger partial charge in [-0.3, -0.25) is 0 Å². The van der Waals surface area contributed by atoms with E-state index < -0.39 is 0 Å². The summed E-state index contributed by atoms with van der Waals surface area (Å²) in [6.07, 6.45) is 4.95. The third-order valence-corrected chi connectivity index (χ3v) is 6.69. The molecule has 0 saturated heterocycles. The quantitative estimate of drug-likeness (QED) is 0.382. The molecule has 0 amide bonds. The molecule has 1 aliphatic rings. The molecule has 1 unspecified atom stereocenters. The Hall–Kier alpha value is -1.47. The first-order chi connectivity index (χ1) is 12.3. The Morgan fingerprint density at radius 1 is 1.08 bits per heavy atom. The second-order valence-electron chi connectivity index (χ2n) is 8.56. The summed E-state index contributed by atoms with van der Waals surface area (Å²) >= 11 is 2.06. The summed E-state index contributed by atoms with van der Waals surface area (Å²) in [6.45, 7) is 14.0. The fourth-order valence-corrected chi connectivity index (χ4v) is 5.26. The van der Waals surface area contributed by atoms with Gasteiger partial charge in [0.15, 0.2) is 0 Å². The van der Waals surface area contributed by atoms with Gasteiger partial charge in [-0.05, 0) is 46.8 Å². The van der Waals surface area contributed by atoms with Gasteiger partial charge in [0.25, 0.3) is 0 Å². The molecule has 0 aliphatic heterocycles. The number of unbranched alkanes of at least 4 members (excludes halogenated alkanes) is 1. The Morgan fingerprint density at radius 2 is 1.77 bits per heavy atom. The summed E-state index contributed by atoms with van der Waals surface area (Å²) in [7, 11) is 0. The number of rotatable bonds is 5. The van der Waals surface area contributed by atoms with Crippen LogP contribution in [0.15, 0.2) is 46.9 Å². The first kappa shape index (κ1) is 19.3. The third kappa shape index (κ3) is 3.64. The van der Waals surface area contributed by atoms with Gasteiger partial charge in [-0.25, -0.2) is 0 Å². The fourth-order valence-electron chi connectivity index (χ4n) is 3.73. The lowest BCUT2D eigenvalue weighted by atomic mass is 9.81. The number of fused-ring (bicyclic) bond motifs is 1. The van der Waals surface area contributed by atoms with Gasteiger partial charge < -0.3 is 0 Å². The first-order valence-corrected chi connectivity index (χ1v) is 10.9. The van der Waals surface area contributed by atoms with Crippen LogP contribution in [-0.4, -0.2) is 5.75 Å². The number of thioether (sulfide) groups is 1. The van der Waals surface area contributed by atoms with Crippen LogP contribution < -0.4 is 0 Å². The van der Waals surface area contributed by atoms with E-state index in [0.29, 0.717) is 5.92 Å². The summed E-state index contributed by atoms with van der Waals surface area (Å²) < 4.78 is 0. The predicted octanol–water partition coefficient (Wildman–Crippen LogP) is 8.06. The van der Waals surface area contributed by atoms with Crippen LogP contribution in [0.5, 0.6) is 0 Å². The lowest BCUT2D eigenvalue weighted by Gasteiger charge is -2.28. The number of hydrogen-bond donors (Lipinski definition) is 0. The van der Waals surface area contributed by atoms with E-state index in [2.05, 4.69) is 95.8 Å². The molecule has 0 saturated carbocycles. The molecule has 26 heavy (non-hydrogen) atoms. The maximum Gasteiger partial charge on any atom is 0.0194 e. The highest BCUT2D eigenvalue weighted by molar-refractivity contribution is 7.99. The Bertz CT molecular complexity index is 806. The van der Waals surface area contributed by atoms with Crippen molar-refractivity contribution in [3.63, 3.8) is 0 Å². The molecule has 0 fully saturated rings. The van der Waals surface area contributed by atoms with E-state index in [1.807, 2.05) is 0 Å². The minimum atomic E-state index is 0.142. The summed E-state index contributed by atoms with van der Waals surface area (Å²) in [5.41, 5.74) is 8.90. The fraction of sp³-hybridized carbons (Fsp3) is 0.440. The maximum atomic E-state index is 2.51. The van der Waals surface area contributed by atoms with Crippen molar-refractivity contribution in [2.75, 3.05) is 5.75 Å². The van der Waals surface area contributed by atoms with Crippen LogP contribution >= 0.6 is 11.8 Å². The highest BCUT2D eigenvalue weighted by Gasteiger charge is 2.29. The second-order valence-corrected chi connectivity index (χ2v) is 9.66. The second kappa shape index (κ2) is 7.64. The van der Waals surface area contributed by atoms with Crippen LogP contribution in [0.2, 0.25) is 0 Å². The average molecular weight is 365 g/mol. The standard InChI is InChI=1S/C25H32S/c1-7-8-14-26-24-22(25(4,5)6)16-20-18(3)17(2)15-21(20)23(24)19-12-10-9-11-13-19/h9-13,15-16,18H,7-8,14H2,1-6H3. The molecule has 1 heteroatoms. The first-order valence-electron chi connectivity index (χ1n) is 9.92. The largest absolute Gasteiger partial charge is 0.125 e. The molecular weight excluding hydrogens is 332 g/mol. The van der Waals surface area contributed by atoms with E-state index in [9.17, 15) is 0 Å². The summed E-state index contributed by atoms with van der Waals surface area (Å²) in [5, 5.41) is 0. The van der Waals surface area contributed by atoms with Gasteiger partial charge >= 0.3 is 0 Å². The van der Waals surface area contributed by atoms with Crippen molar-refractivity contribution >= 4 is 17.8 Å². The lowest BCUT2D eigenvalue weighted by Crippen LogP contribution is -2.15. The van der Waals surface area contributed by atoms with Crippen LogP contribution in [0, 0.1) is 0 Å². The molecule has 0 N–H and O–H groups in total. The van der Waals surface area contributed by atoms with Gasteiger partial charge in [0.2, 0.25) is 0 Å². The van der Waals surface area contributed by atoms with Gasteiger partial charge in [0.05, 0.1) is 0 Å². The molecule has 3 rings (SSSR count). The normalized spacial score (nSPS) is 16.5. The van der Waals surface area contributed by atoms with Crippen LogP contribution in [0.25, 0.3) is 17.2 Å². The lowest BCUT2D eigenvalue weighted by molar-refractivity contribution is 0.577. The summed E-state index contributed by atoms with van der Waals surface area (Å²) in [5.74, 6) is 1.71. The molecule has 2 aromatic carbocycles. The van der Waals surface area contributed by atoms with Gasteiger partial charge in [-0.15, -0.1) is 11.8 Å². The van der Waals surface area contributed by atoms with Crippen molar-refractivity contribution in [3.8, 4) is 11.1 Å². The van der Waals surface area contributed by atoms with Gasteiger partial charge in [0, 0.05) is 16.4 Å². The highest BCUT2D eigenvalue weighted by Crippen LogP contribution is 2.49. The molecule has 0 aromatic heterocycles. The van der Waals surface area contributed by atoms with E-state index in [1.165, 1.54) is 56.9 Å². The van der Waals surface area contributed by atoms with Gasteiger partial charge in [-0.1, -0.05) is 89.1 Å². The zero-order chi connectivity index (χ0) is 18.9. The molecule has 1 aliphatic carbocycles. The molecule has 0 spiro atoms. The maximum absolute atomic E-state index is 2.51. The van der Waals surface area contributed by atoms with E-state index >= 15 is 0 Å². The van der Waals surface area contributed by atoms with Crippen molar-refractivity contribution in [2.45, 2.75) is 70.6 Å². The minimum Gasteiger partial charge on any atom is -0.125 e. The molecule has 0 nitrogen and oxygen atoms in total. The van der Waals surface area contributed by atoms with Crippen molar-refractivity contribution in [3.05, 3.63) is 58.7 Å². The van der Waals surface area contributed by atoms with Gasteiger partial charge in [0.1, 0.15) is 0 Å². The monoisotopic (exact) mass is 364 g/mol. The van der Waals surface area contributed by atoms with Crippen LogP contribution in [0.3, 0.4) is 0 Å². The SMILES string of the molecule is CCCCSc1c(C(C)(C)C)cc2c(c1-c1ccccc1)C=C(C)C2C. The Morgan fingerprint density at radius 3 is 2.38 bits per heavy atom. The summed E-state index contributed by atoms with van der Waals surface area (Å²) in [6, 6.07) is 13.5. The molecule has 0 radical (unpaired) electrons. The molecular formula is C25H32S. The van der Waals surface area contributed by atoms with Crippen molar-refractivity contribution < 1.29 is 0 Å². The smallest absolute Gasteiger partial charge is 0.0194 e. The predicted molar refractivity (Wildman–Crippen MR) is 118 cm³/mol. The zero-order valence-electron chi connectivity index (χ0n) is 17.1. The number of hydrogen-bond acceptors (Lipinski definition) is 1. The third-order valence-electron chi connectivity index (χ3n) is 5.49. The van der Waals surface area contributed by atoms with E-state index in [-0.39, 0.29) is 5.41 Å². The Labute approximate surface area is 164 Å². The Balaban J connectivity index is 2.30. The van der Waals surface area contributed by atoms with Crippen LogP contribution in [0.4, 0.5) is 0 Å². The molecule has 2 aromatic rings. The van der Waals surface area contributed by atoms with Crippen molar-refractivity contribution in [2.24, 2.45) is 0 Å². The van der Waals surface area contributed by atoms with E-state index in [1.54, 1.807) is 0 Å². The van der Waals surface area contributed by atoms with E-state index in [4.69, 9.17) is 0 Å². The van der Waals surface area contributed by atoms with E-state index in [0.717, 1.165) is 0 Å². The zero-order valence-corrected chi connectivity index (χ0v) is 18.0. The van der Waals surface area contributed by atoms with Crippen LogP contribution in [0.1, 0.15) is 77.0 Å². The van der Waals surface area contributed by atoms with Gasteiger partial charge in [-0.2, -0.15) is 0 Å². The molecule has 0 bridgehead atoms. The molecule has 138 valence electrons. The minimum absolute atomic E-state index is 0.142.